The number of nitrogens with one attached hydrogen (secondary N) is 1. The van der Waals surface area contributed by atoms with Crippen LogP contribution in [0.2, 0.25) is 0 Å². The molecule has 0 bridgehead atoms. The highest BCUT2D eigenvalue weighted by Gasteiger charge is 2.33. The molecule has 0 saturated carbocycles. The quantitative estimate of drug-likeness (QED) is 0.896. The molecule has 2 unspecified atom stereocenters. The standard InChI is InChI=1S/C15H20N2O3/c1-19-13-4-2-12(3-5-13)17-9-14(20-10-15(17)18)11-6-7-16-8-11/h2-5,11,14,16H,6-10H2,1H3. The van der Waals surface area contributed by atoms with Gasteiger partial charge in [-0.05, 0) is 37.2 Å². The number of carbonyl (C=O) groups is 1. The Hall–Kier alpha value is -1.59. The van der Waals surface area contributed by atoms with E-state index in [0.29, 0.717) is 12.5 Å². The summed E-state index contributed by atoms with van der Waals surface area (Å²) < 4.78 is 10.9. The summed E-state index contributed by atoms with van der Waals surface area (Å²) in [6, 6.07) is 7.60. The number of rotatable bonds is 3. The van der Waals surface area contributed by atoms with E-state index in [1.165, 1.54) is 0 Å². The molecule has 5 nitrogen and oxygen atoms in total. The summed E-state index contributed by atoms with van der Waals surface area (Å²) in [5.74, 6) is 1.33. The van der Waals surface area contributed by atoms with Crippen LogP contribution in [-0.4, -0.2) is 45.4 Å². The Bertz CT molecular complexity index is 469. The van der Waals surface area contributed by atoms with Crippen LogP contribution in [0.15, 0.2) is 24.3 Å². The lowest BCUT2D eigenvalue weighted by atomic mass is 9.99. The average Bonchev–Trinajstić information content (AvgIpc) is 3.02. The maximum Gasteiger partial charge on any atom is 0.253 e. The van der Waals surface area contributed by atoms with Gasteiger partial charge in [-0.2, -0.15) is 0 Å². The van der Waals surface area contributed by atoms with E-state index >= 15 is 0 Å². The zero-order valence-electron chi connectivity index (χ0n) is 11.7. The smallest absolute Gasteiger partial charge is 0.253 e. The van der Waals surface area contributed by atoms with E-state index in [4.69, 9.17) is 9.47 Å². The van der Waals surface area contributed by atoms with Gasteiger partial charge in [-0.1, -0.05) is 0 Å². The van der Waals surface area contributed by atoms with Crippen molar-refractivity contribution in [3.8, 4) is 5.75 Å². The average molecular weight is 276 g/mol. The number of ether oxygens (including phenoxy) is 2. The molecule has 5 heteroatoms. The van der Waals surface area contributed by atoms with E-state index in [1.807, 2.05) is 29.2 Å². The van der Waals surface area contributed by atoms with Crippen molar-refractivity contribution in [3.05, 3.63) is 24.3 Å². The molecule has 0 radical (unpaired) electrons. The molecule has 0 aromatic heterocycles. The maximum atomic E-state index is 12.1. The van der Waals surface area contributed by atoms with Gasteiger partial charge >= 0.3 is 0 Å². The summed E-state index contributed by atoms with van der Waals surface area (Å²) in [6.07, 6.45) is 1.25. The minimum Gasteiger partial charge on any atom is -0.497 e. The summed E-state index contributed by atoms with van der Waals surface area (Å²) in [6.45, 7) is 2.83. The minimum atomic E-state index is 0.0253. The largest absolute Gasteiger partial charge is 0.497 e. The topological polar surface area (TPSA) is 50.8 Å². The van der Waals surface area contributed by atoms with E-state index in [1.54, 1.807) is 7.11 Å². The van der Waals surface area contributed by atoms with Gasteiger partial charge in [0, 0.05) is 18.2 Å². The molecule has 0 spiro atoms. The second kappa shape index (κ2) is 5.81. The molecule has 1 aromatic carbocycles. The molecular formula is C15H20N2O3. The summed E-state index contributed by atoms with van der Waals surface area (Å²) in [4.78, 5) is 13.9. The summed E-state index contributed by atoms with van der Waals surface area (Å²) in [5, 5.41) is 3.35. The molecule has 2 saturated heterocycles. The number of hydrogen-bond acceptors (Lipinski definition) is 4. The monoisotopic (exact) mass is 276 g/mol. The van der Waals surface area contributed by atoms with Crippen molar-refractivity contribution in [2.75, 3.05) is 38.3 Å². The van der Waals surface area contributed by atoms with E-state index < -0.39 is 0 Å². The molecule has 1 aromatic rings. The van der Waals surface area contributed by atoms with E-state index in [-0.39, 0.29) is 18.6 Å². The molecule has 2 aliphatic rings. The van der Waals surface area contributed by atoms with Gasteiger partial charge in [-0.25, -0.2) is 0 Å². The number of amides is 1. The third-order valence-corrected chi connectivity index (χ3v) is 4.09. The SMILES string of the molecule is COc1ccc(N2CC(C3CCNC3)OCC2=O)cc1. The van der Waals surface area contributed by atoms with Crippen LogP contribution < -0.4 is 15.0 Å². The highest BCUT2D eigenvalue weighted by Crippen LogP contribution is 2.25. The van der Waals surface area contributed by atoms with Crippen LogP contribution in [0, 0.1) is 5.92 Å². The minimum absolute atomic E-state index is 0.0253. The fraction of sp³-hybridized carbons (Fsp3) is 0.533. The first-order valence-electron chi connectivity index (χ1n) is 7.04. The van der Waals surface area contributed by atoms with Crippen LogP contribution >= 0.6 is 0 Å². The van der Waals surface area contributed by atoms with Crippen molar-refractivity contribution >= 4 is 11.6 Å². The van der Waals surface area contributed by atoms with Crippen LogP contribution in [0.3, 0.4) is 0 Å². The first kappa shape index (κ1) is 13.4. The van der Waals surface area contributed by atoms with Crippen LogP contribution in [-0.2, 0) is 9.53 Å². The summed E-state index contributed by atoms with van der Waals surface area (Å²) in [7, 11) is 1.64. The van der Waals surface area contributed by atoms with Gasteiger partial charge in [0.15, 0.2) is 0 Å². The number of carbonyl (C=O) groups excluding carboxylic acids is 1. The van der Waals surface area contributed by atoms with Gasteiger partial charge in [-0.3, -0.25) is 4.79 Å². The Labute approximate surface area is 118 Å². The molecule has 108 valence electrons. The zero-order valence-corrected chi connectivity index (χ0v) is 11.7. The highest BCUT2D eigenvalue weighted by atomic mass is 16.5. The Balaban J connectivity index is 1.73. The van der Waals surface area contributed by atoms with Gasteiger partial charge < -0.3 is 19.7 Å². The fourth-order valence-electron chi connectivity index (χ4n) is 2.88. The van der Waals surface area contributed by atoms with Crippen LogP contribution in [0.5, 0.6) is 5.75 Å². The van der Waals surface area contributed by atoms with Crippen LogP contribution in [0.25, 0.3) is 0 Å². The van der Waals surface area contributed by atoms with E-state index in [0.717, 1.165) is 30.9 Å². The molecule has 1 N–H and O–H groups in total. The second-order valence-electron chi connectivity index (χ2n) is 5.30. The highest BCUT2D eigenvalue weighted by molar-refractivity contribution is 5.95. The number of hydrogen-bond donors (Lipinski definition) is 1. The Morgan fingerprint density at radius 3 is 2.80 bits per heavy atom. The molecule has 2 atom stereocenters. The first-order valence-corrected chi connectivity index (χ1v) is 7.04. The lowest BCUT2D eigenvalue weighted by Crippen LogP contribution is -2.49. The van der Waals surface area contributed by atoms with E-state index in [9.17, 15) is 4.79 Å². The molecular weight excluding hydrogens is 256 g/mol. The Morgan fingerprint density at radius 2 is 2.15 bits per heavy atom. The Morgan fingerprint density at radius 1 is 1.35 bits per heavy atom. The number of benzene rings is 1. The van der Waals surface area contributed by atoms with Crippen molar-refractivity contribution in [2.24, 2.45) is 5.92 Å². The van der Waals surface area contributed by atoms with Crippen molar-refractivity contribution in [2.45, 2.75) is 12.5 Å². The third-order valence-electron chi connectivity index (χ3n) is 4.09. The molecule has 2 aliphatic heterocycles. The zero-order chi connectivity index (χ0) is 13.9. The van der Waals surface area contributed by atoms with Crippen LogP contribution in [0.1, 0.15) is 6.42 Å². The van der Waals surface area contributed by atoms with Gasteiger partial charge in [0.05, 0.1) is 19.8 Å². The molecule has 2 fully saturated rings. The summed E-state index contributed by atoms with van der Waals surface area (Å²) >= 11 is 0. The lowest BCUT2D eigenvalue weighted by Gasteiger charge is -2.35. The first-order chi connectivity index (χ1) is 9.78. The molecule has 3 rings (SSSR count). The van der Waals surface area contributed by atoms with Crippen molar-refractivity contribution in [3.63, 3.8) is 0 Å². The third kappa shape index (κ3) is 2.64. The van der Waals surface area contributed by atoms with Crippen molar-refractivity contribution in [1.29, 1.82) is 0 Å². The second-order valence-corrected chi connectivity index (χ2v) is 5.30. The number of nitrogens with zero attached hydrogens (tertiary/aromatic N) is 1. The van der Waals surface area contributed by atoms with Crippen LogP contribution in [0.4, 0.5) is 5.69 Å². The predicted octanol–water partition coefficient (Wildman–Crippen LogP) is 1.04. The maximum absolute atomic E-state index is 12.1. The Kier molecular flexibility index (Phi) is 3.89. The molecule has 0 aliphatic carbocycles. The van der Waals surface area contributed by atoms with Gasteiger partial charge in [-0.15, -0.1) is 0 Å². The van der Waals surface area contributed by atoms with Gasteiger partial charge in [0.1, 0.15) is 12.4 Å². The normalized spacial score (nSPS) is 26.9. The van der Waals surface area contributed by atoms with Gasteiger partial charge in [0.25, 0.3) is 5.91 Å². The molecule has 2 heterocycles. The van der Waals surface area contributed by atoms with E-state index in [2.05, 4.69) is 5.32 Å². The number of morpholine rings is 1. The fourth-order valence-corrected chi connectivity index (χ4v) is 2.88. The number of anilines is 1. The van der Waals surface area contributed by atoms with Gasteiger partial charge in [0.2, 0.25) is 0 Å². The van der Waals surface area contributed by atoms with Crippen molar-refractivity contribution in [1.82, 2.24) is 5.32 Å². The lowest BCUT2D eigenvalue weighted by molar-refractivity contribution is -0.131. The predicted molar refractivity (Wildman–Crippen MR) is 76.1 cm³/mol. The van der Waals surface area contributed by atoms with Crippen molar-refractivity contribution < 1.29 is 14.3 Å². The molecule has 20 heavy (non-hydrogen) atoms. The summed E-state index contributed by atoms with van der Waals surface area (Å²) in [5.41, 5.74) is 0.912. The molecule has 1 amide bonds. The number of methoxy groups -OCH3 is 1.